The molecule has 2 fully saturated rings. The topological polar surface area (TPSA) is 58.4 Å². The maximum absolute atomic E-state index is 12.3. The number of nitrogens with one attached hydrogen (secondary N) is 1. The summed E-state index contributed by atoms with van der Waals surface area (Å²) >= 11 is 0. The molecule has 1 unspecified atom stereocenters. The van der Waals surface area contributed by atoms with Gasteiger partial charge in [-0.15, -0.1) is 0 Å². The van der Waals surface area contributed by atoms with Crippen LogP contribution in [0, 0.1) is 5.92 Å². The van der Waals surface area contributed by atoms with Gasteiger partial charge in [-0.1, -0.05) is 26.7 Å². The number of carbonyl (C=O) groups excluding carboxylic acids is 1. The van der Waals surface area contributed by atoms with E-state index in [1.54, 1.807) is 0 Å². The quantitative estimate of drug-likeness (QED) is 0.581. The van der Waals surface area contributed by atoms with Gasteiger partial charge in [0.15, 0.2) is 0 Å². The molecule has 2 rings (SSSR count). The van der Waals surface area contributed by atoms with E-state index in [4.69, 9.17) is 5.73 Å². The zero-order valence-corrected chi connectivity index (χ0v) is 13.9. The molecule has 21 heavy (non-hydrogen) atoms. The van der Waals surface area contributed by atoms with Crippen molar-refractivity contribution in [3.8, 4) is 0 Å². The third-order valence-corrected chi connectivity index (χ3v) is 4.88. The third kappa shape index (κ3) is 4.68. The number of amides is 1. The fraction of sp³-hybridized carbons (Fsp3) is 0.941. The van der Waals surface area contributed by atoms with Crippen molar-refractivity contribution in [2.24, 2.45) is 11.7 Å². The molecule has 0 saturated heterocycles. The zero-order valence-electron chi connectivity index (χ0n) is 13.9. The summed E-state index contributed by atoms with van der Waals surface area (Å²) in [5.74, 6) is 0.330. The Labute approximate surface area is 129 Å². The van der Waals surface area contributed by atoms with Crippen molar-refractivity contribution in [3.63, 3.8) is 0 Å². The predicted molar refractivity (Wildman–Crippen MR) is 87.1 cm³/mol. The largest absolute Gasteiger partial charge is 0.368 e. The maximum Gasteiger partial charge on any atom is 0.239 e. The lowest BCUT2D eigenvalue weighted by Crippen LogP contribution is -2.64. The van der Waals surface area contributed by atoms with E-state index in [1.165, 1.54) is 38.5 Å². The van der Waals surface area contributed by atoms with Crippen LogP contribution in [0.15, 0.2) is 0 Å². The minimum Gasteiger partial charge on any atom is -0.368 e. The second-order valence-corrected chi connectivity index (χ2v) is 7.01. The minimum absolute atomic E-state index is 0.130. The molecule has 2 saturated carbocycles. The Balaban J connectivity index is 2.03. The van der Waals surface area contributed by atoms with E-state index < -0.39 is 5.54 Å². The Morgan fingerprint density at radius 2 is 1.71 bits per heavy atom. The van der Waals surface area contributed by atoms with E-state index >= 15 is 0 Å². The molecule has 0 aliphatic heterocycles. The molecular formula is C17H33N3O. The molecule has 2 aliphatic rings. The number of nitrogens with zero attached hydrogens (tertiary/aromatic N) is 1. The van der Waals surface area contributed by atoms with Crippen LogP contribution < -0.4 is 11.1 Å². The number of nitrogens with two attached hydrogens (primary N) is 1. The van der Waals surface area contributed by atoms with Crippen LogP contribution in [-0.2, 0) is 4.79 Å². The Hall–Kier alpha value is -0.610. The number of hydrogen-bond donors (Lipinski definition) is 2. The third-order valence-electron chi connectivity index (χ3n) is 4.88. The summed E-state index contributed by atoms with van der Waals surface area (Å²) in [7, 11) is 0. The molecule has 0 aromatic carbocycles. The normalized spacial score (nSPS) is 21.5. The predicted octanol–water partition coefficient (Wildman–Crippen LogP) is 2.27. The molecule has 0 aromatic heterocycles. The molecule has 0 aromatic rings. The van der Waals surface area contributed by atoms with Gasteiger partial charge in [0.1, 0.15) is 5.54 Å². The summed E-state index contributed by atoms with van der Waals surface area (Å²) < 4.78 is 0. The van der Waals surface area contributed by atoms with Gasteiger partial charge >= 0.3 is 0 Å². The molecule has 3 N–H and O–H groups in total. The number of carbonyl (C=O) groups is 1. The molecule has 2 aliphatic carbocycles. The summed E-state index contributed by atoms with van der Waals surface area (Å²) in [5.41, 5.74) is 5.40. The summed E-state index contributed by atoms with van der Waals surface area (Å²) in [4.78, 5) is 14.8. The first-order chi connectivity index (χ1) is 10.1. The van der Waals surface area contributed by atoms with E-state index in [2.05, 4.69) is 24.1 Å². The molecule has 0 heterocycles. The van der Waals surface area contributed by atoms with Gasteiger partial charge in [0.2, 0.25) is 5.91 Å². The molecule has 0 radical (unpaired) electrons. The van der Waals surface area contributed by atoms with Crippen molar-refractivity contribution in [3.05, 3.63) is 0 Å². The van der Waals surface area contributed by atoms with Crippen molar-refractivity contribution in [1.29, 1.82) is 0 Å². The molecule has 1 amide bonds. The Morgan fingerprint density at radius 1 is 1.14 bits per heavy atom. The van der Waals surface area contributed by atoms with Gasteiger partial charge < -0.3 is 10.6 Å². The summed E-state index contributed by atoms with van der Waals surface area (Å²) in [6.45, 7) is 7.43. The lowest BCUT2D eigenvalue weighted by atomic mass is 9.90. The number of hydrogen-bond acceptors (Lipinski definition) is 3. The van der Waals surface area contributed by atoms with Crippen LogP contribution in [0.1, 0.15) is 65.2 Å². The van der Waals surface area contributed by atoms with Crippen LogP contribution in [0.4, 0.5) is 0 Å². The summed E-state index contributed by atoms with van der Waals surface area (Å²) in [5, 5.41) is 3.63. The van der Waals surface area contributed by atoms with Crippen molar-refractivity contribution in [2.45, 2.75) is 76.8 Å². The summed E-state index contributed by atoms with van der Waals surface area (Å²) in [6, 6.07) is 0.525. The Bertz CT molecular complexity index is 331. The van der Waals surface area contributed by atoms with Crippen molar-refractivity contribution in [2.75, 3.05) is 19.6 Å². The van der Waals surface area contributed by atoms with E-state index in [9.17, 15) is 4.79 Å². The second-order valence-electron chi connectivity index (χ2n) is 7.01. The van der Waals surface area contributed by atoms with Gasteiger partial charge in [0.05, 0.1) is 0 Å². The highest BCUT2D eigenvalue weighted by Crippen LogP contribution is 2.42. The average molecular weight is 295 g/mol. The molecule has 0 bridgehead atoms. The molecule has 0 spiro atoms. The van der Waals surface area contributed by atoms with Crippen molar-refractivity contribution in [1.82, 2.24) is 10.2 Å². The molecule has 4 nitrogen and oxygen atoms in total. The van der Waals surface area contributed by atoms with Gasteiger partial charge in [-0.05, 0) is 57.5 Å². The molecular weight excluding hydrogens is 262 g/mol. The number of rotatable bonds is 12. The zero-order chi connectivity index (χ0) is 15.3. The lowest BCUT2D eigenvalue weighted by Gasteiger charge is -2.37. The maximum atomic E-state index is 12.3. The van der Waals surface area contributed by atoms with Crippen LogP contribution in [0.5, 0.6) is 0 Å². The van der Waals surface area contributed by atoms with Crippen LogP contribution in [0.3, 0.4) is 0 Å². The van der Waals surface area contributed by atoms with Crippen molar-refractivity contribution >= 4 is 5.91 Å². The standard InChI is InChI=1S/C17H33N3O/c1-3-5-11-20(12-6-4-2)13-17(16(18)21,14-7-8-14)19-15-9-10-15/h14-15,19H,3-13H2,1-2H3,(H2,18,21). The monoisotopic (exact) mass is 295 g/mol. The van der Waals surface area contributed by atoms with Gasteiger partial charge in [-0.2, -0.15) is 0 Å². The minimum atomic E-state index is -0.470. The van der Waals surface area contributed by atoms with Gasteiger partial charge in [0.25, 0.3) is 0 Å². The van der Waals surface area contributed by atoms with Crippen LogP contribution >= 0.6 is 0 Å². The first-order valence-electron chi connectivity index (χ1n) is 8.92. The second kappa shape index (κ2) is 7.59. The Kier molecular flexibility index (Phi) is 6.06. The van der Waals surface area contributed by atoms with E-state index in [0.29, 0.717) is 12.0 Å². The Morgan fingerprint density at radius 3 is 2.10 bits per heavy atom. The SMILES string of the molecule is CCCCN(CCCC)CC(NC1CC1)(C(N)=O)C1CC1. The first kappa shape index (κ1) is 16.8. The van der Waals surface area contributed by atoms with Gasteiger partial charge in [-0.25, -0.2) is 0 Å². The highest BCUT2D eigenvalue weighted by molar-refractivity contribution is 5.86. The van der Waals surface area contributed by atoms with Crippen LogP contribution in [0.25, 0.3) is 0 Å². The van der Waals surface area contributed by atoms with Crippen LogP contribution in [0.2, 0.25) is 0 Å². The lowest BCUT2D eigenvalue weighted by molar-refractivity contribution is -0.126. The van der Waals surface area contributed by atoms with E-state index in [0.717, 1.165) is 32.5 Å². The van der Waals surface area contributed by atoms with E-state index in [-0.39, 0.29) is 5.91 Å². The van der Waals surface area contributed by atoms with E-state index in [1.807, 2.05) is 0 Å². The molecule has 4 heteroatoms. The number of unbranched alkanes of at least 4 members (excludes halogenated alkanes) is 2. The van der Waals surface area contributed by atoms with Gasteiger partial charge in [-0.3, -0.25) is 10.1 Å². The highest BCUT2D eigenvalue weighted by atomic mass is 16.1. The van der Waals surface area contributed by atoms with Crippen molar-refractivity contribution < 1.29 is 4.79 Å². The average Bonchev–Trinajstić information content (AvgIpc) is 3.33. The van der Waals surface area contributed by atoms with Gasteiger partial charge in [0, 0.05) is 12.6 Å². The van der Waals surface area contributed by atoms with Crippen LogP contribution in [-0.4, -0.2) is 42.0 Å². The molecule has 122 valence electrons. The fourth-order valence-corrected chi connectivity index (χ4v) is 3.20. The summed E-state index contributed by atoms with van der Waals surface area (Å²) in [6.07, 6.45) is 9.50. The number of primary amides is 1. The smallest absolute Gasteiger partial charge is 0.239 e. The first-order valence-corrected chi connectivity index (χ1v) is 8.92. The highest BCUT2D eigenvalue weighted by Gasteiger charge is 2.52. The molecule has 1 atom stereocenters. The fourth-order valence-electron chi connectivity index (χ4n) is 3.20.